The molecule has 17 heavy (non-hydrogen) atoms. The SMILES string of the molecule is Cc1ccc(F)c(C(NN)c2cscc2Br)c1. The summed E-state index contributed by atoms with van der Waals surface area (Å²) >= 11 is 4.99. The molecule has 0 radical (unpaired) electrons. The van der Waals surface area contributed by atoms with Crippen LogP contribution in [0, 0.1) is 12.7 Å². The Bertz CT molecular complexity index is 527. The molecule has 2 nitrogen and oxygen atoms in total. The fraction of sp³-hybridized carbons (Fsp3) is 0.167. The molecule has 0 amide bonds. The van der Waals surface area contributed by atoms with Crippen LogP contribution in [0.1, 0.15) is 22.7 Å². The van der Waals surface area contributed by atoms with Crippen LogP contribution in [0.3, 0.4) is 0 Å². The average Bonchev–Trinajstić information content (AvgIpc) is 2.71. The Morgan fingerprint density at radius 1 is 1.35 bits per heavy atom. The molecule has 2 aromatic rings. The van der Waals surface area contributed by atoms with Gasteiger partial charge in [-0.25, -0.2) is 9.82 Å². The zero-order valence-electron chi connectivity index (χ0n) is 9.21. The van der Waals surface area contributed by atoms with E-state index in [-0.39, 0.29) is 11.9 Å². The van der Waals surface area contributed by atoms with E-state index in [1.54, 1.807) is 17.4 Å². The zero-order chi connectivity index (χ0) is 12.4. The number of hydrogen-bond donors (Lipinski definition) is 2. The first-order chi connectivity index (χ1) is 8.13. The van der Waals surface area contributed by atoms with Crippen molar-refractivity contribution in [3.63, 3.8) is 0 Å². The first-order valence-electron chi connectivity index (χ1n) is 5.07. The topological polar surface area (TPSA) is 38.0 Å². The van der Waals surface area contributed by atoms with Crippen molar-refractivity contribution in [1.82, 2.24) is 5.43 Å². The van der Waals surface area contributed by atoms with Crippen molar-refractivity contribution >= 4 is 27.3 Å². The minimum atomic E-state index is -0.337. The summed E-state index contributed by atoms with van der Waals surface area (Å²) in [5.41, 5.74) is 5.18. The molecule has 1 aromatic carbocycles. The number of halogens is 2. The fourth-order valence-corrected chi connectivity index (χ4v) is 3.28. The number of thiophene rings is 1. The van der Waals surface area contributed by atoms with Crippen molar-refractivity contribution in [3.05, 3.63) is 55.9 Å². The third-order valence-corrected chi connectivity index (χ3v) is 4.33. The molecule has 0 spiro atoms. The highest BCUT2D eigenvalue weighted by Crippen LogP contribution is 2.32. The molecule has 0 aliphatic heterocycles. The molecule has 5 heteroatoms. The predicted octanol–water partition coefficient (Wildman–Crippen LogP) is 3.51. The van der Waals surface area contributed by atoms with Crippen LogP contribution in [0.25, 0.3) is 0 Å². The van der Waals surface area contributed by atoms with Gasteiger partial charge >= 0.3 is 0 Å². The van der Waals surface area contributed by atoms with Crippen molar-refractivity contribution in [2.45, 2.75) is 13.0 Å². The zero-order valence-corrected chi connectivity index (χ0v) is 11.6. The number of hydrazine groups is 1. The lowest BCUT2D eigenvalue weighted by Gasteiger charge is -2.17. The number of nitrogens with one attached hydrogen (secondary N) is 1. The van der Waals surface area contributed by atoms with Gasteiger partial charge in [-0.1, -0.05) is 17.7 Å². The molecule has 0 saturated heterocycles. The molecule has 2 rings (SSSR count). The van der Waals surface area contributed by atoms with E-state index in [2.05, 4.69) is 21.4 Å². The monoisotopic (exact) mass is 314 g/mol. The third kappa shape index (κ3) is 2.57. The summed E-state index contributed by atoms with van der Waals surface area (Å²) in [7, 11) is 0. The smallest absolute Gasteiger partial charge is 0.128 e. The van der Waals surface area contributed by atoms with Crippen molar-refractivity contribution < 1.29 is 4.39 Å². The minimum absolute atomic E-state index is 0.253. The Balaban J connectivity index is 2.49. The van der Waals surface area contributed by atoms with Gasteiger partial charge in [0.1, 0.15) is 5.82 Å². The number of hydrogen-bond acceptors (Lipinski definition) is 3. The van der Waals surface area contributed by atoms with Crippen molar-refractivity contribution in [3.8, 4) is 0 Å². The Morgan fingerprint density at radius 3 is 2.71 bits per heavy atom. The van der Waals surface area contributed by atoms with Gasteiger partial charge in [-0.15, -0.1) is 0 Å². The van der Waals surface area contributed by atoms with E-state index in [0.717, 1.165) is 15.6 Å². The van der Waals surface area contributed by atoms with Crippen molar-refractivity contribution in [2.24, 2.45) is 5.84 Å². The summed E-state index contributed by atoms with van der Waals surface area (Å²) in [6.45, 7) is 1.93. The Hall–Kier alpha value is -0.750. The van der Waals surface area contributed by atoms with E-state index >= 15 is 0 Å². The van der Waals surface area contributed by atoms with E-state index in [4.69, 9.17) is 5.84 Å². The Morgan fingerprint density at radius 2 is 2.12 bits per heavy atom. The summed E-state index contributed by atoms with van der Waals surface area (Å²) in [4.78, 5) is 0. The molecule has 1 unspecified atom stereocenters. The molecule has 0 saturated carbocycles. The van der Waals surface area contributed by atoms with Gasteiger partial charge in [-0.05, 0) is 39.9 Å². The standard InChI is InChI=1S/C12H12BrFN2S/c1-7-2-3-11(14)8(4-7)12(16-15)9-5-17-6-10(9)13/h2-6,12,16H,15H2,1H3. The molecule has 0 fully saturated rings. The van der Waals surface area contributed by atoms with Crippen LogP contribution >= 0.6 is 27.3 Å². The largest absolute Gasteiger partial charge is 0.271 e. The molecule has 1 aromatic heterocycles. The molecule has 3 N–H and O–H groups in total. The quantitative estimate of drug-likeness (QED) is 0.672. The number of nitrogens with two attached hydrogens (primary N) is 1. The highest BCUT2D eigenvalue weighted by Gasteiger charge is 2.19. The van der Waals surface area contributed by atoms with Gasteiger partial charge in [0.25, 0.3) is 0 Å². The minimum Gasteiger partial charge on any atom is -0.271 e. The molecule has 1 atom stereocenters. The first-order valence-corrected chi connectivity index (χ1v) is 6.81. The maximum atomic E-state index is 13.8. The van der Waals surface area contributed by atoms with Gasteiger partial charge < -0.3 is 0 Å². The maximum absolute atomic E-state index is 13.8. The number of rotatable bonds is 3. The second kappa shape index (κ2) is 5.27. The lowest BCUT2D eigenvalue weighted by Crippen LogP contribution is -2.29. The lowest BCUT2D eigenvalue weighted by molar-refractivity contribution is 0.559. The van der Waals surface area contributed by atoms with Gasteiger partial charge in [0, 0.05) is 15.4 Å². The van der Waals surface area contributed by atoms with E-state index < -0.39 is 0 Å². The normalized spacial score (nSPS) is 12.7. The van der Waals surface area contributed by atoms with E-state index in [0.29, 0.717) is 5.56 Å². The Labute approximate surface area is 112 Å². The summed E-state index contributed by atoms with van der Waals surface area (Å²) in [6.07, 6.45) is 0. The van der Waals surface area contributed by atoms with Crippen molar-refractivity contribution in [1.29, 1.82) is 0 Å². The van der Waals surface area contributed by atoms with Crippen molar-refractivity contribution in [2.75, 3.05) is 0 Å². The summed E-state index contributed by atoms with van der Waals surface area (Å²) in [5.74, 6) is 5.30. The molecule has 90 valence electrons. The van der Waals surface area contributed by atoms with Gasteiger partial charge in [-0.3, -0.25) is 5.84 Å². The summed E-state index contributed by atoms with van der Waals surface area (Å²) in [5, 5.41) is 3.91. The number of aryl methyl sites for hydroxylation is 1. The molecule has 1 heterocycles. The van der Waals surface area contributed by atoms with E-state index in [9.17, 15) is 4.39 Å². The van der Waals surface area contributed by atoms with Crippen LogP contribution < -0.4 is 11.3 Å². The molecule has 0 aliphatic carbocycles. The summed E-state index contributed by atoms with van der Waals surface area (Å²) < 4.78 is 14.8. The van der Waals surface area contributed by atoms with Crippen LogP contribution in [0.5, 0.6) is 0 Å². The van der Waals surface area contributed by atoms with E-state index in [1.165, 1.54) is 6.07 Å². The van der Waals surface area contributed by atoms with Crippen LogP contribution in [0.4, 0.5) is 4.39 Å². The average molecular weight is 315 g/mol. The van der Waals surface area contributed by atoms with Crippen LogP contribution in [0.15, 0.2) is 33.4 Å². The van der Waals surface area contributed by atoms with Crippen LogP contribution in [0.2, 0.25) is 0 Å². The Kier molecular flexibility index (Phi) is 3.93. The maximum Gasteiger partial charge on any atom is 0.128 e. The highest BCUT2D eigenvalue weighted by molar-refractivity contribution is 9.10. The van der Waals surface area contributed by atoms with Gasteiger partial charge in [0.15, 0.2) is 0 Å². The predicted molar refractivity (Wildman–Crippen MR) is 72.3 cm³/mol. The van der Waals surface area contributed by atoms with Gasteiger partial charge in [-0.2, -0.15) is 11.3 Å². The summed E-state index contributed by atoms with van der Waals surface area (Å²) in [6, 6.07) is 4.68. The van der Waals surface area contributed by atoms with Gasteiger partial charge in [0.2, 0.25) is 0 Å². The second-order valence-electron chi connectivity index (χ2n) is 3.80. The lowest BCUT2D eigenvalue weighted by atomic mass is 9.99. The van der Waals surface area contributed by atoms with Crippen LogP contribution in [-0.2, 0) is 0 Å². The molecule has 0 bridgehead atoms. The van der Waals surface area contributed by atoms with Crippen LogP contribution in [-0.4, -0.2) is 0 Å². The fourth-order valence-electron chi connectivity index (χ4n) is 1.73. The molecule has 0 aliphatic rings. The van der Waals surface area contributed by atoms with Gasteiger partial charge in [0.05, 0.1) is 6.04 Å². The third-order valence-electron chi connectivity index (χ3n) is 2.58. The number of benzene rings is 1. The molecular weight excluding hydrogens is 303 g/mol. The highest BCUT2D eigenvalue weighted by atomic mass is 79.9. The van der Waals surface area contributed by atoms with E-state index in [1.807, 2.05) is 23.8 Å². The molecular formula is C12H12BrFN2S. The second-order valence-corrected chi connectivity index (χ2v) is 5.40. The first kappa shape index (κ1) is 12.7.